The lowest BCUT2D eigenvalue weighted by atomic mass is 10.0. The first-order chi connectivity index (χ1) is 9.51. The van der Waals surface area contributed by atoms with Gasteiger partial charge in [-0.1, -0.05) is 41.9 Å². The summed E-state index contributed by atoms with van der Waals surface area (Å²) in [6.07, 6.45) is 0. The molecule has 1 N–H and O–H groups in total. The number of nitrogens with one attached hydrogen (secondary N) is 1. The Kier molecular flexibility index (Phi) is 4.41. The molecule has 0 spiro atoms. The molecule has 2 aromatic carbocycles. The number of fused-ring (bicyclic) bond motifs is 1. The van der Waals surface area contributed by atoms with Gasteiger partial charge in [0, 0.05) is 10.0 Å². The molecule has 1 amide bonds. The number of hydrogen-bond donors (Lipinski definition) is 1. The summed E-state index contributed by atoms with van der Waals surface area (Å²) in [5.74, 6) is -0.129. The maximum absolute atomic E-state index is 12.2. The Balaban J connectivity index is 2.27. The van der Waals surface area contributed by atoms with Gasteiger partial charge in [-0.2, -0.15) is 5.26 Å². The van der Waals surface area contributed by atoms with Gasteiger partial charge in [-0.3, -0.25) is 4.79 Å². The minimum absolute atomic E-state index is 0.0837. The fourth-order valence-electron chi connectivity index (χ4n) is 1.93. The van der Waals surface area contributed by atoms with Crippen LogP contribution in [0, 0.1) is 17.2 Å². The predicted octanol–water partition coefficient (Wildman–Crippen LogP) is 3.88. The van der Waals surface area contributed by atoms with Gasteiger partial charge in [0.05, 0.1) is 6.07 Å². The van der Waals surface area contributed by atoms with Crippen molar-refractivity contribution >= 4 is 32.6 Å². The van der Waals surface area contributed by atoms with Crippen LogP contribution in [-0.4, -0.2) is 11.9 Å². The maximum Gasteiger partial charge on any atom is 0.252 e. The van der Waals surface area contributed by atoms with E-state index in [-0.39, 0.29) is 11.8 Å². The number of nitrogens with zero attached hydrogens (tertiary/aromatic N) is 1. The van der Waals surface area contributed by atoms with E-state index in [0.29, 0.717) is 5.56 Å². The van der Waals surface area contributed by atoms with E-state index < -0.39 is 6.04 Å². The molecular weight excluding hydrogens is 316 g/mol. The van der Waals surface area contributed by atoms with Gasteiger partial charge >= 0.3 is 0 Å². The lowest BCUT2D eigenvalue weighted by Crippen LogP contribution is -2.37. The zero-order valence-corrected chi connectivity index (χ0v) is 12.9. The quantitative estimate of drug-likeness (QED) is 0.928. The highest BCUT2D eigenvalue weighted by molar-refractivity contribution is 9.10. The van der Waals surface area contributed by atoms with Crippen LogP contribution in [0.4, 0.5) is 0 Å². The first-order valence-electron chi connectivity index (χ1n) is 6.41. The number of rotatable bonds is 3. The molecule has 2 rings (SSSR count). The number of benzene rings is 2. The topological polar surface area (TPSA) is 52.9 Å². The third-order valence-electron chi connectivity index (χ3n) is 3.16. The molecule has 20 heavy (non-hydrogen) atoms. The zero-order chi connectivity index (χ0) is 14.7. The van der Waals surface area contributed by atoms with Crippen LogP contribution in [0.25, 0.3) is 10.8 Å². The Hall–Kier alpha value is -1.86. The van der Waals surface area contributed by atoms with E-state index in [1.807, 2.05) is 44.2 Å². The van der Waals surface area contributed by atoms with Gasteiger partial charge in [0.2, 0.25) is 0 Å². The van der Waals surface area contributed by atoms with E-state index in [2.05, 4.69) is 27.3 Å². The van der Waals surface area contributed by atoms with Crippen LogP contribution in [0.15, 0.2) is 40.9 Å². The van der Waals surface area contributed by atoms with Gasteiger partial charge in [0.1, 0.15) is 6.04 Å². The average Bonchev–Trinajstić information content (AvgIpc) is 2.43. The molecule has 0 aliphatic rings. The van der Waals surface area contributed by atoms with Gasteiger partial charge in [0.25, 0.3) is 5.91 Å². The number of halogens is 1. The SMILES string of the molecule is CC(C)C(C#N)NC(=O)c1ccc2cc(Br)ccc2c1. The third-order valence-corrected chi connectivity index (χ3v) is 3.65. The molecule has 4 heteroatoms. The van der Waals surface area contributed by atoms with Crippen LogP contribution < -0.4 is 5.32 Å². The highest BCUT2D eigenvalue weighted by atomic mass is 79.9. The second kappa shape index (κ2) is 6.06. The average molecular weight is 331 g/mol. The van der Waals surface area contributed by atoms with Gasteiger partial charge in [-0.15, -0.1) is 0 Å². The summed E-state index contributed by atoms with van der Waals surface area (Å²) in [5.41, 5.74) is 0.570. The highest BCUT2D eigenvalue weighted by Gasteiger charge is 2.16. The van der Waals surface area contributed by atoms with Gasteiger partial charge in [-0.25, -0.2) is 0 Å². The largest absolute Gasteiger partial charge is 0.336 e. The van der Waals surface area contributed by atoms with Gasteiger partial charge in [0.15, 0.2) is 0 Å². The third kappa shape index (κ3) is 3.17. The number of carbonyl (C=O) groups is 1. The Labute approximate surface area is 126 Å². The summed E-state index contributed by atoms with van der Waals surface area (Å²) in [6, 6.07) is 13.1. The smallest absolute Gasteiger partial charge is 0.252 e. The van der Waals surface area contributed by atoms with Crippen molar-refractivity contribution in [1.29, 1.82) is 5.26 Å². The summed E-state index contributed by atoms with van der Waals surface area (Å²) in [5, 5.41) is 13.8. The lowest BCUT2D eigenvalue weighted by molar-refractivity contribution is 0.0938. The molecule has 0 aliphatic carbocycles. The minimum atomic E-state index is -0.469. The minimum Gasteiger partial charge on any atom is -0.336 e. The van der Waals surface area contributed by atoms with Crippen molar-refractivity contribution in [1.82, 2.24) is 5.32 Å². The fraction of sp³-hybridized carbons (Fsp3) is 0.250. The van der Waals surface area contributed by atoms with E-state index >= 15 is 0 Å². The van der Waals surface area contributed by atoms with E-state index in [4.69, 9.17) is 5.26 Å². The lowest BCUT2D eigenvalue weighted by Gasteiger charge is -2.15. The van der Waals surface area contributed by atoms with E-state index in [0.717, 1.165) is 15.2 Å². The molecule has 0 aliphatic heterocycles. The molecule has 3 nitrogen and oxygen atoms in total. The molecule has 0 saturated carbocycles. The molecule has 0 radical (unpaired) electrons. The standard InChI is InChI=1S/C16H15BrN2O/c1-10(2)15(9-18)19-16(20)13-4-3-12-8-14(17)6-5-11(12)7-13/h3-8,10,15H,1-2H3,(H,19,20). The molecule has 0 bridgehead atoms. The van der Waals surface area contributed by atoms with E-state index in [9.17, 15) is 4.79 Å². The van der Waals surface area contributed by atoms with Crippen LogP contribution >= 0.6 is 15.9 Å². The van der Waals surface area contributed by atoms with Crippen LogP contribution in [0.2, 0.25) is 0 Å². The second-order valence-electron chi connectivity index (χ2n) is 5.03. The van der Waals surface area contributed by atoms with Crippen molar-refractivity contribution in [3.63, 3.8) is 0 Å². The number of nitriles is 1. The summed E-state index contributed by atoms with van der Waals surface area (Å²) in [4.78, 5) is 12.2. The van der Waals surface area contributed by atoms with Crippen molar-refractivity contribution in [2.75, 3.05) is 0 Å². The maximum atomic E-state index is 12.2. The molecule has 1 atom stereocenters. The Morgan fingerprint density at radius 1 is 1.20 bits per heavy atom. The number of hydrogen-bond acceptors (Lipinski definition) is 2. The van der Waals surface area contributed by atoms with Crippen molar-refractivity contribution in [2.45, 2.75) is 19.9 Å². The molecule has 0 aromatic heterocycles. The number of amides is 1. The summed E-state index contributed by atoms with van der Waals surface area (Å²) >= 11 is 3.42. The van der Waals surface area contributed by atoms with Crippen LogP contribution in [-0.2, 0) is 0 Å². The monoisotopic (exact) mass is 330 g/mol. The Morgan fingerprint density at radius 2 is 1.85 bits per heavy atom. The van der Waals surface area contributed by atoms with Crippen LogP contribution in [0.1, 0.15) is 24.2 Å². The van der Waals surface area contributed by atoms with Gasteiger partial charge in [-0.05, 0) is 41.0 Å². The van der Waals surface area contributed by atoms with Gasteiger partial charge < -0.3 is 5.32 Å². The van der Waals surface area contributed by atoms with Crippen molar-refractivity contribution in [2.24, 2.45) is 5.92 Å². The molecule has 102 valence electrons. The molecule has 0 saturated heterocycles. The molecule has 0 heterocycles. The van der Waals surface area contributed by atoms with Crippen molar-refractivity contribution in [3.05, 3.63) is 46.4 Å². The van der Waals surface area contributed by atoms with E-state index in [1.165, 1.54) is 0 Å². The molecule has 1 unspecified atom stereocenters. The second-order valence-corrected chi connectivity index (χ2v) is 5.95. The summed E-state index contributed by atoms with van der Waals surface area (Å²) in [7, 11) is 0. The molecule has 2 aromatic rings. The first-order valence-corrected chi connectivity index (χ1v) is 7.20. The Morgan fingerprint density at radius 3 is 2.50 bits per heavy atom. The predicted molar refractivity (Wildman–Crippen MR) is 83.4 cm³/mol. The summed E-state index contributed by atoms with van der Waals surface area (Å²) in [6.45, 7) is 3.82. The zero-order valence-electron chi connectivity index (χ0n) is 11.4. The first kappa shape index (κ1) is 14.5. The Bertz CT molecular complexity index is 688. The van der Waals surface area contributed by atoms with Crippen molar-refractivity contribution < 1.29 is 4.79 Å². The number of carbonyl (C=O) groups excluding carboxylic acids is 1. The fourth-order valence-corrected chi connectivity index (χ4v) is 2.31. The molecular formula is C16H15BrN2O. The summed E-state index contributed by atoms with van der Waals surface area (Å²) < 4.78 is 1.01. The van der Waals surface area contributed by atoms with Crippen LogP contribution in [0.3, 0.4) is 0 Å². The van der Waals surface area contributed by atoms with Crippen LogP contribution in [0.5, 0.6) is 0 Å². The molecule has 0 fully saturated rings. The highest BCUT2D eigenvalue weighted by Crippen LogP contribution is 2.21. The normalized spacial score (nSPS) is 12.2. The van der Waals surface area contributed by atoms with Crippen molar-refractivity contribution in [3.8, 4) is 6.07 Å². The van der Waals surface area contributed by atoms with E-state index in [1.54, 1.807) is 6.07 Å².